The Morgan fingerprint density at radius 3 is 2.39 bits per heavy atom. The normalized spacial score (nSPS) is 11.8. The van der Waals surface area contributed by atoms with Crippen LogP contribution in [-0.2, 0) is 11.8 Å². The summed E-state index contributed by atoms with van der Waals surface area (Å²) < 4.78 is 14.8. The van der Waals surface area contributed by atoms with Crippen LogP contribution in [0.25, 0.3) is 0 Å². The molecular formula is C21H19ClFN3O2. The molecule has 1 amide bonds. The summed E-state index contributed by atoms with van der Waals surface area (Å²) in [6, 6.07) is 12.0. The Morgan fingerprint density at radius 1 is 1.11 bits per heavy atom. The van der Waals surface area contributed by atoms with Gasteiger partial charge in [-0.1, -0.05) is 23.7 Å². The predicted molar refractivity (Wildman–Crippen MR) is 105 cm³/mol. The molecule has 3 rings (SSSR count). The molecule has 0 aliphatic carbocycles. The van der Waals surface area contributed by atoms with Gasteiger partial charge in [-0.05, 0) is 42.0 Å². The number of Topliss-reactive ketones (excluding diaryl/α,β-unsaturated/α-hetero) is 1. The summed E-state index contributed by atoms with van der Waals surface area (Å²) in [4.78, 5) is 29.0. The summed E-state index contributed by atoms with van der Waals surface area (Å²) in [7, 11) is 1.84. The van der Waals surface area contributed by atoms with Gasteiger partial charge in [0, 0.05) is 42.9 Å². The summed E-state index contributed by atoms with van der Waals surface area (Å²) in [5, 5.41) is 3.53. The van der Waals surface area contributed by atoms with Crippen LogP contribution in [0, 0.1) is 5.82 Å². The minimum absolute atomic E-state index is 0.0186. The third-order valence-electron chi connectivity index (χ3n) is 4.37. The number of hydrogen-bond acceptors (Lipinski definition) is 3. The molecule has 5 nitrogen and oxygen atoms in total. The van der Waals surface area contributed by atoms with Crippen molar-refractivity contribution in [2.45, 2.75) is 18.9 Å². The third-order valence-corrected chi connectivity index (χ3v) is 4.62. The molecule has 2 aromatic carbocycles. The Labute approximate surface area is 167 Å². The number of aromatic nitrogens is 2. The molecule has 0 unspecified atom stereocenters. The van der Waals surface area contributed by atoms with Crippen molar-refractivity contribution in [2.75, 3.05) is 0 Å². The van der Waals surface area contributed by atoms with Crippen molar-refractivity contribution in [3.05, 3.63) is 88.7 Å². The fourth-order valence-electron chi connectivity index (χ4n) is 2.85. The van der Waals surface area contributed by atoms with Gasteiger partial charge in [-0.3, -0.25) is 9.59 Å². The molecule has 28 heavy (non-hydrogen) atoms. The molecule has 3 aromatic rings. The summed E-state index contributed by atoms with van der Waals surface area (Å²) in [6.07, 6.45) is 3.50. The summed E-state index contributed by atoms with van der Waals surface area (Å²) in [5.74, 6) is -0.232. The van der Waals surface area contributed by atoms with E-state index < -0.39 is 11.9 Å². The van der Waals surface area contributed by atoms with E-state index in [1.807, 2.05) is 23.7 Å². The maximum absolute atomic E-state index is 13.0. The Bertz CT molecular complexity index is 968. The molecule has 0 saturated heterocycles. The summed E-state index contributed by atoms with van der Waals surface area (Å²) in [5.41, 5.74) is 1.21. The minimum atomic E-state index is -0.467. The third kappa shape index (κ3) is 4.84. The Balaban J connectivity index is 1.69. The van der Waals surface area contributed by atoms with Crippen molar-refractivity contribution >= 4 is 23.3 Å². The number of nitrogens with zero attached hydrogens (tertiary/aromatic N) is 2. The van der Waals surface area contributed by atoms with Crippen molar-refractivity contribution in [1.29, 1.82) is 0 Å². The molecule has 0 bridgehead atoms. The van der Waals surface area contributed by atoms with E-state index >= 15 is 0 Å². The number of halogens is 2. The number of rotatable bonds is 7. The van der Waals surface area contributed by atoms with Crippen molar-refractivity contribution in [2.24, 2.45) is 7.05 Å². The van der Waals surface area contributed by atoms with E-state index in [9.17, 15) is 14.0 Å². The van der Waals surface area contributed by atoms with E-state index in [0.717, 1.165) is 5.56 Å². The number of aryl methyl sites for hydroxylation is 1. The van der Waals surface area contributed by atoms with Gasteiger partial charge in [0.15, 0.2) is 5.78 Å². The quantitative estimate of drug-likeness (QED) is 0.609. The molecule has 7 heteroatoms. The SMILES string of the molecule is Cn1ccnc1[C@H](NC(=O)CCC(=O)c1ccc(F)cc1)c1ccc(Cl)cc1. The van der Waals surface area contributed by atoms with Crippen LogP contribution in [0.5, 0.6) is 0 Å². The maximum atomic E-state index is 13.0. The smallest absolute Gasteiger partial charge is 0.221 e. The average molecular weight is 400 g/mol. The second-order valence-electron chi connectivity index (χ2n) is 6.38. The van der Waals surface area contributed by atoms with Crippen LogP contribution in [0.3, 0.4) is 0 Å². The van der Waals surface area contributed by atoms with Crippen LogP contribution in [-0.4, -0.2) is 21.2 Å². The monoisotopic (exact) mass is 399 g/mol. The van der Waals surface area contributed by atoms with Crippen molar-refractivity contribution in [1.82, 2.24) is 14.9 Å². The van der Waals surface area contributed by atoms with Gasteiger partial charge in [-0.15, -0.1) is 0 Å². The first-order chi connectivity index (χ1) is 13.4. The summed E-state index contributed by atoms with van der Waals surface area (Å²) in [6.45, 7) is 0. The van der Waals surface area contributed by atoms with Gasteiger partial charge in [0.1, 0.15) is 17.7 Å². The predicted octanol–water partition coefficient (Wildman–Crippen LogP) is 4.08. The lowest BCUT2D eigenvalue weighted by molar-refractivity contribution is -0.121. The number of carbonyl (C=O) groups is 2. The number of amides is 1. The van der Waals surface area contributed by atoms with Gasteiger partial charge in [0.25, 0.3) is 0 Å². The Kier molecular flexibility index (Phi) is 6.21. The van der Waals surface area contributed by atoms with E-state index in [2.05, 4.69) is 10.3 Å². The number of carbonyl (C=O) groups excluding carboxylic acids is 2. The number of benzene rings is 2. The highest BCUT2D eigenvalue weighted by Crippen LogP contribution is 2.22. The van der Waals surface area contributed by atoms with Gasteiger partial charge in [0.2, 0.25) is 5.91 Å². The molecule has 1 N–H and O–H groups in total. The van der Waals surface area contributed by atoms with Gasteiger partial charge >= 0.3 is 0 Å². The van der Waals surface area contributed by atoms with Crippen LogP contribution in [0.15, 0.2) is 60.9 Å². The number of imidazole rings is 1. The van der Waals surface area contributed by atoms with Gasteiger partial charge in [-0.2, -0.15) is 0 Å². The second-order valence-corrected chi connectivity index (χ2v) is 6.81. The van der Waals surface area contributed by atoms with Crippen molar-refractivity contribution in [3.63, 3.8) is 0 Å². The molecule has 0 aliphatic rings. The molecule has 0 spiro atoms. The van der Waals surface area contributed by atoms with Gasteiger partial charge in [0.05, 0.1) is 0 Å². The highest BCUT2D eigenvalue weighted by atomic mass is 35.5. The lowest BCUT2D eigenvalue weighted by Gasteiger charge is -2.19. The van der Waals surface area contributed by atoms with Gasteiger partial charge in [-0.25, -0.2) is 9.37 Å². The maximum Gasteiger partial charge on any atom is 0.221 e. The highest BCUT2D eigenvalue weighted by molar-refractivity contribution is 6.30. The molecule has 0 fully saturated rings. The molecule has 1 aromatic heterocycles. The van der Waals surface area contributed by atoms with E-state index in [-0.39, 0.29) is 24.5 Å². The molecule has 0 radical (unpaired) electrons. The number of nitrogens with one attached hydrogen (secondary N) is 1. The van der Waals surface area contributed by atoms with Crippen LogP contribution < -0.4 is 5.32 Å². The zero-order valence-corrected chi connectivity index (χ0v) is 16.0. The van der Waals surface area contributed by atoms with Crippen LogP contribution >= 0.6 is 11.6 Å². The first-order valence-electron chi connectivity index (χ1n) is 8.75. The van der Waals surface area contributed by atoms with E-state index in [1.54, 1.807) is 24.5 Å². The molecule has 0 aliphatic heterocycles. The second kappa shape index (κ2) is 8.80. The van der Waals surface area contributed by atoms with E-state index in [4.69, 9.17) is 11.6 Å². The highest BCUT2D eigenvalue weighted by Gasteiger charge is 2.21. The fourth-order valence-corrected chi connectivity index (χ4v) is 2.97. The molecule has 1 atom stereocenters. The van der Waals surface area contributed by atoms with Crippen molar-refractivity contribution in [3.8, 4) is 0 Å². The molecule has 1 heterocycles. The standard InChI is InChI=1S/C21H19ClFN3O2/c1-26-13-12-24-21(26)20(15-2-6-16(22)7-3-15)25-19(28)11-10-18(27)14-4-8-17(23)9-5-14/h2-9,12-13,20H,10-11H2,1H3,(H,25,28)/t20-/m1/s1. The minimum Gasteiger partial charge on any atom is -0.342 e. The van der Waals surface area contributed by atoms with E-state index in [0.29, 0.717) is 16.4 Å². The zero-order valence-electron chi connectivity index (χ0n) is 15.2. The largest absolute Gasteiger partial charge is 0.342 e. The first-order valence-corrected chi connectivity index (χ1v) is 9.12. The zero-order chi connectivity index (χ0) is 20.1. The fraction of sp³-hybridized carbons (Fsp3) is 0.190. The number of ketones is 1. The van der Waals surface area contributed by atoms with Crippen LogP contribution in [0.1, 0.15) is 40.6 Å². The molecule has 144 valence electrons. The van der Waals surface area contributed by atoms with Gasteiger partial charge < -0.3 is 9.88 Å². The van der Waals surface area contributed by atoms with Crippen LogP contribution in [0.2, 0.25) is 5.02 Å². The first kappa shape index (κ1) is 19.8. The lowest BCUT2D eigenvalue weighted by atomic mass is 10.0. The molecular weight excluding hydrogens is 381 g/mol. The summed E-state index contributed by atoms with van der Waals surface area (Å²) >= 11 is 5.96. The topological polar surface area (TPSA) is 64.0 Å². The van der Waals surface area contributed by atoms with Crippen LogP contribution in [0.4, 0.5) is 4.39 Å². The molecule has 0 saturated carbocycles. The average Bonchev–Trinajstić information content (AvgIpc) is 3.11. The Hall–Kier alpha value is -2.99. The lowest BCUT2D eigenvalue weighted by Crippen LogP contribution is -2.31. The Morgan fingerprint density at radius 2 is 1.79 bits per heavy atom. The number of hydrogen-bond donors (Lipinski definition) is 1. The van der Waals surface area contributed by atoms with E-state index in [1.165, 1.54) is 24.3 Å². The van der Waals surface area contributed by atoms with Crippen molar-refractivity contribution < 1.29 is 14.0 Å².